The number of aliphatic hydroxyl groups is 1. The second kappa shape index (κ2) is 3.35. The number of hydrogen-bond acceptors (Lipinski definition) is 2. The Bertz CT molecular complexity index is 103. The molecule has 10 heavy (non-hydrogen) atoms. The van der Waals surface area contributed by atoms with E-state index in [1.807, 2.05) is 6.92 Å². The van der Waals surface area contributed by atoms with Gasteiger partial charge in [-0.15, -0.1) is 0 Å². The van der Waals surface area contributed by atoms with Crippen LogP contribution < -0.4 is 0 Å². The second-order valence-electron chi connectivity index (χ2n) is 3.04. The van der Waals surface area contributed by atoms with Crippen LogP contribution in [0.2, 0.25) is 0 Å². The topological polar surface area (TPSA) is 29.5 Å². The average molecular weight is 144 g/mol. The van der Waals surface area contributed by atoms with Crippen molar-refractivity contribution in [3.05, 3.63) is 0 Å². The smallest absolute Gasteiger partial charge is 0.0838 e. The Morgan fingerprint density at radius 3 is 2.70 bits per heavy atom. The van der Waals surface area contributed by atoms with Crippen molar-refractivity contribution in [3.63, 3.8) is 0 Å². The van der Waals surface area contributed by atoms with E-state index >= 15 is 0 Å². The molecule has 0 aromatic heterocycles. The molecule has 2 nitrogen and oxygen atoms in total. The van der Waals surface area contributed by atoms with Gasteiger partial charge >= 0.3 is 0 Å². The molecule has 0 spiro atoms. The largest absolute Gasteiger partial charge is 0.390 e. The molecule has 0 aromatic rings. The lowest BCUT2D eigenvalue weighted by molar-refractivity contribution is -0.0294. The molecular formula is C8H16O2. The zero-order chi connectivity index (χ0) is 7.56. The van der Waals surface area contributed by atoms with Crippen molar-refractivity contribution in [1.82, 2.24) is 0 Å². The molecule has 3 atom stereocenters. The van der Waals surface area contributed by atoms with Crippen molar-refractivity contribution in [1.29, 1.82) is 0 Å². The first-order valence-electron chi connectivity index (χ1n) is 4.07. The van der Waals surface area contributed by atoms with Crippen LogP contribution in [0.15, 0.2) is 0 Å². The normalized spacial score (nSPS) is 36.3. The molecule has 1 heterocycles. The molecule has 0 saturated carbocycles. The van der Waals surface area contributed by atoms with E-state index in [1.54, 1.807) is 0 Å². The van der Waals surface area contributed by atoms with E-state index in [0.29, 0.717) is 6.10 Å². The van der Waals surface area contributed by atoms with Gasteiger partial charge in [0, 0.05) is 0 Å². The van der Waals surface area contributed by atoms with Gasteiger partial charge in [0.05, 0.1) is 18.3 Å². The molecule has 1 saturated heterocycles. The van der Waals surface area contributed by atoms with Gasteiger partial charge in [0.1, 0.15) is 0 Å². The summed E-state index contributed by atoms with van der Waals surface area (Å²) in [6, 6.07) is 0. The van der Waals surface area contributed by atoms with Gasteiger partial charge in [-0.2, -0.15) is 0 Å². The van der Waals surface area contributed by atoms with E-state index in [4.69, 9.17) is 4.74 Å². The number of aliphatic hydroxyl groups excluding tert-OH is 1. The van der Waals surface area contributed by atoms with Crippen LogP contribution in [0.1, 0.15) is 33.1 Å². The van der Waals surface area contributed by atoms with Crippen LogP contribution in [0.5, 0.6) is 0 Å². The van der Waals surface area contributed by atoms with Crippen molar-refractivity contribution in [2.75, 3.05) is 0 Å². The lowest BCUT2D eigenvalue weighted by Gasteiger charge is -2.15. The molecule has 1 N–H and O–H groups in total. The van der Waals surface area contributed by atoms with E-state index in [-0.39, 0.29) is 12.2 Å². The first-order valence-corrected chi connectivity index (χ1v) is 4.07. The van der Waals surface area contributed by atoms with E-state index in [9.17, 15) is 5.11 Å². The fourth-order valence-corrected chi connectivity index (χ4v) is 1.38. The monoisotopic (exact) mass is 144 g/mol. The second-order valence-corrected chi connectivity index (χ2v) is 3.04. The first-order chi connectivity index (χ1) is 4.74. The van der Waals surface area contributed by atoms with Gasteiger partial charge in [-0.25, -0.2) is 0 Å². The first kappa shape index (κ1) is 8.02. The molecule has 0 unspecified atom stereocenters. The molecule has 2 heteroatoms. The Morgan fingerprint density at radius 1 is 1.60 bits per heavy atom. The van der Waals surface area contributed by atoms with Gasteiger partial charge in [0.15, 0.2) is 0 Å². The molecular weight excluding hydrogens is 128 g/mol. The maximum absolute atomic E-state index is 9.35. The number of ether oxygens (including phenoxy) is 1. The Kier molecular flexibility index (Phi) is 2.69. The fourth-order valence-electron chi connectivity index (χ4n) is 1.38. The Labute approximate surface area is 62.2 Å². The average Bonchev–Trinajstić information content (AvgIpc) is 2.34. The van der Waals surface area contributed by atoms with Crippen LogP contribution in [0.25, 0.3) is 0 Å². The van der Waals surface area contributed by atoms with Crippen molar-refractivity contribution in [2.45, 2.75) is 51.4 Å². The summed E-state index contributed by atoms with van der Waals surface area (Å²) in [7, 11) is 0. The van der Waals surface area contributed by atoms with Crippen LogP contribution in [-0.2, 0) is 4.74 Å². The zero-order valence-corrected chi connectivity index (χ0v) is 6.71. The minimum absolute atomic E-state index is 0.111. The van der Waals surface area contributed by atoms with E-state index in [1.165, 1.54) is 0 Å². The lowest BCUT2D eigenvalue weighted by Crippen LogP contribution is -2.24. The minimum Gasteiger partial charge on any atom is -0.390 e. The van der Waals surface area contributed by atoms with Crippen LogP contribution >= 0.6 is 0 Å². The predicted molar refractivity (Wildman–Crippen MR) is 39.9 cm³/mol. The van der Waals surface area contributed by atoms with Crippen LogP contribution in [-0.4, -0.2) is 23.4 Å². The highest BCUT2D eigenvalue weighted by Gasteiger charge is 2.26. The highest BCUT2D eigenvalue weighted by atomic mass is 16.5. The maximum Gasteiger partial charge on any atom is 0.0838 e. The third-order valence-corrected chi connectivity index (χ3v) is 2.11. The minimum atomic E-state index is -0.245. The molecule has 0 radical (unpaired) electrons. The van der Waals surface area contributed by atoms with Crippen molar-refractivity contribution >= 4 is 0 Å². The molecule has 1 aliphatic heterocycles. The zero-order valence-electron chi connectivity index (χ0n) is 6.71. The standard InChI is InChI=1S/C8H16O2/c1-3-7(9)8-5-4-6(2)10-8/h6-9H,3-5H2,1-2H3/t6-,7+,8-/m0/s1. The third-order valence-electron chi connectivity index (χ3n) is 2.11. The molecule has 1 aliphatic rings. The molecule has 0 amide bonds. The summed E-state index contributed by atoms with van der Waals surface area (Å²) in [6.45, 7) is 4.04. The van der Waals surface area contributed by atoms with Gasteiger partial charge < -0.3 is 9.84 Å². The van der Waals surface area contributed by atoms with Gasteiger partial charge in [-0.3, -0.25) is 0 Å². The highest BCUT2D eigenvalue weighted by Crippen LogP contribution is 2.22. The lowest BCUT2D eigenvalue weighted by atomic mass is 10.1. The molecule has 0 aromatic carbocycles. The summed E-state index contributed by atoms with van der Waals surface area (Å²) in [5.41, 5.74) is 0. The molecule has 1 fully saturated rings. The van der Waals surface area contributed by atoms with Crippen molar-refractivity contribution < 1.29 is 9.84 Å². The number of hydrogen-bond donors (Lipinski definition) is 1. The van der Waals surface area contributed by atoms with Crippen LogP contribution in [0, 0.1) is 0 Å². The predicted octanol–water partition coefficient (Wildman–Crippen LogP) is 1.32. The molecule has 1 rings (SSSR count). The number of rotatable bonds is 2. The summed E-state index contributed by atoms with van der Waals surface area (Å²) in [6.07, 6.45) is 3.14. The van der Waals surface area contributed by atoms with E-state index in [0.717, 1.165) is 19.3 Å². The maximum atomic E-state index is 9.35. The molecule has 60 valence electrons. The fraction of sp³-hybridized carbons (Fsp3) is 1.00. The summed E-state index contributed by atoms with van der Waals surface area (Å²) in [4.78, 5) is 0. The van der Waals surface area contributed by atoms with Gasteiger partial charge in [-0.1, -0.05) is 6.92 Å². The van der Waals surface area contributed by atoms with Gasteiger partial charge in [0.25, 0.3) is 0 Å². The molecule has 0 bridgehead atoms. The Hall–Kier alpha value is -0.0800. The Morgan fingerprint density at radius 2 is 2.30 bits per heavy atom. The summed E-state index contributed by atoms with van der Waals surface area (Å²) >= 11 is 0. The summed E-state index contributed by atoms with van der Waals surface area (Å²) < 4.78 is 5.46. The Balaban J connectivity index is 2.29. The quantitative estimate of drug-likeness (QED) is 0.633. The SMILES string of the molecule is CC[C@@H](O)[C@@H]1CC[C@H](C)O1. The van der Waals surface area contributed by atoms with E-state index in [2.05, 4.69) is 6.92 Å². The van der Waals surface area contributed by atoms with Crippen LogP contribution in [0.4, 0.5) is 0 Å². The van der Waals surface area contributed by atoms with Gasteiger partial charge in [0.2, 0.25) is 0 Å². The van der Waals surface area contributed by atoms with Gasteiger partial charge in [-0.05, 0) is 26.2 Å². The summed E-state index contributed by atoms with van der Waals surface area (Å²) in [5, 5.41) is 9.35. The third kappa shape index (κ3) is 1.70. The van der Waals surface area contributed by atoms with Crippen molar-refractivity contribution in [3.8, 4) is 0 Å². The summed E-state index contributed by atoms with van der Waals surface area (Å²) in [5.74, 6) is 0. The van der Waals surface area contributed by atoms with E-state index < -0.39 is 0 Å². The van der Waals surface area contributed by atoms with Crippen LogP contribution in [0.3, 0.4) is 0 Å². The highest BCUT2D eigenvalue weighted by molar-refractivity contribution is 4.75. The molecule has 0 aliphatic carbocycles. The van der Waals surface area contributed by atoms with Crippen molar-refractivity contribution in [2.24, 2.45) is 0 Å².